The number of hydrogen-bond donors (Lipinski definition) is 0. The molecule has 2 aliphatic rings. The van der Waals surface area contributed by atoms with E-state index in [1.165, 1.54) is 11.0 Å². The van der Waals surface area contributed by atoms with Crippen molar-refractivity contribution in [2.75, 3.05) is 4.90 Å². The molecular formula is C22H19NO4. The van der Waals surface area contributed by atoms with Crippen LogP contribution in [-0.2, 0) is 4.79 Å². The minimum absolute atomic E-state index is 0.254. The number of benzene rings is 2. The number of anilines is 1. The molecular weight excluding hydrogens is 342 g/mol. The van der Waals surface area contributed by atoms with Gasteiger partial charge in [-0.1, -0.05) is 23.8 Å². The van der Waals surface area contributed by atoms with Crippen LogP contribution in [0.1, 0.15) is 52.6 Å². The summed E-state index contributed by atoms with van der Waals surface area (Å²) in [5.74, 6) is -1.38. The average Bonchev–Trinajstić information content (AvgIpc) is 2.86. The highest BCUT2D eigenvalue weighted by molar-refractivity contribution is 6.53. The fraction of sp³-hybridized carbons (Fsp3) is 0.227. The molecule has 0 aliphatic carbocycles. The molecule has 136 valence electrons. The maximum Gasteiger partial charge on any atom is 0.343 e. The Morgan fingerprint density at radius 2 is 1.63 bits per heavy atom. The highest BCUT2D eigenvalue weighted by atomic mass is 16.5. The molecule has 0 saturated heterocycles. The molecule has 2 aromatic rings. The van der Waals surface area contributed by atoms with Crippen molar-refractivity contribution in [2.45, 2.75) is 33.2 Å². The highest BCUT2D eigenvalue weighted by Gasteiger charge is 2.47. The number of Topliss-reactive ketones (excluding diaryl/α,β-unsaturated/α-hetero) is 1. The second-order valence-corrected chi connectivity index (χ2v) is 7.57. The van der Waals surface area contributed by atoms with Gasteiger partial charge < -0.3 is 4.74 Å². The molecule has 0 atom stereocenters. The first kappa shape index (κ1) is 17.2. The van der Waals surface area contributed by atoms with Crippen molar-refractivity contribution in [3.05, 3.63) is 64.7 Å². The number of carbonyl (C=O) groups is 3. The lowest BCUT2D eigenvalue weighted by molar-refractivity contribution is -0.115. The van der Waals surface area contributed by atoms with E-state index in [0.717, 1.165) is 16.7 Å². The van der Waals surface area contributed by atoms with E-state index in [4.69, 9.17) is 4.74 Å². The fourth-order valence-corrected chi connectivity index (χ4v) is 3.78. The molecule has 4 rings (SSSR count). The lowest BCUT2D eigenvalue weighted by Crippen LogP contribution is -2.47. The first-order valence-electron chi connectivity index (χ1n) is 8.74. The van der Waals surface area contributed by atoms with Gasteiger partial charge in [-0.05, 0) is 57.5 Å². The van der Waals surface area contributed by atoms with Crippen LogP contribution in [0.25, 0.3) is 5.57 Å². The van der Waals surface area contributed by atoms with Gasteiger partial charge in [0.25, 0.3) is 11.7 Å². The van der Waals surface area contributed by atoms with Crippen LogP contribution in [-0.4, -0.2) is 23.2 Å². The number of ketones is 1. The number of amides is 1. The van der Waals surface area contributed by atoms with Gasteiger partial charge in [0, 0.05) is 5.56 Å². The third-order valence-corrected chi connectivity index (χ3v) is 5.02. The molecule has 0 N–H and O–H groups in total. The fourth-order valence-electron chi connectivity index (χ4n) is 3.78. The standard InChI is InChI=1S/C22H19NO4/c1-12-5-7-14(8-6-12)21(26)27-15-9-16-13(2)11-22(3,4)23-18(16)17(10-15)19(24)20(23)25/h5-11H,1-4H3. The second-order valence-electron chi connectivity index (χ2n) is 7.57. The van der Waals surface area contributed by atoms with Gasteiger partial charge in [-0.2, -0.15) is 0 Å². The molecule has 5 nitrogen and oxygen atoms in total. The normalized spacial score (nSPS) is 16.9. The maximum absolute atomic E-state index is 12.5. The van der Waals surface area contributed by atoms with Crippen LogP contribution in [0.15, 0.2) is 42.5 Å². The van der Waals surface area contributed by atoms with Gasteiger partial charge >= 0.3 is 5.97 Å². The van der Waals surface area contributed by atoms with Gasteiger partial charge in [0.2, 0.25) is 0 Å². The summed E-state index contributed by atoms with van der Waals surface area (Å²) in [6.07, 6.45) is 1.95. The van der Waals surface area contributed by atoms with Crippen LogP contribution in [0, 0.1) is 6.92 Å². The highest BCUT2D eigenvalue weighted by Crippen LogP contribution is 2.46. The van der Waals surface area contributed by atoms with E-state index in [2.05, 4.69) is 0 Å². The maximum atomic E-state index is 12.5. The Kier molecular flexibility index (Phi) is 3.60. The second kappa shape index (κ2) is 5.64. The van der Waals surface area contributed by atoms with E-state index in [9.17, 15) is 14.4 Å². The zero-order valence-electron chi connectivity index (χ0n) is 15.6. The van der Waals surface area contributed by atoms with Crippen molar-refractivity contribution in [3.63, 3.8) is 0 Å². The Morgan fingerprint density at radius 3 is 2.30 bits per heavy atom. The van der Waals surface area contributed by atoms with Crippen molar-refractivity contribution in [1.82, 2.24) is 0 Å². The quantitative estimate of drug-likeness (QED) is 0.462. The minimum atomic E-state index is -0.588. The molecule has 2 aromatic carbocycles. The van der Waals surface area contributed by atoms with Crippen LogP contribution < -0.4 is 9.64 Å². The summed E-state index contributed by atoms with van der Waals surface area (Å²) >= 11 is 0. The number of nitrogens with zero attached hydrogens (tertiary/aromatic N) is 1. The number of allylic oxidation sites excluding steroid dienone is 1. The third kappa shape index (κ3) is 2.58. The topological polar surface area (TPSA) is 63.7 Å². The predicted octanol–water partition coefficient (Wildman–Crippen LogP) is 3.94. The van der Waals surface area contributed by atoms with Gasteiger partial charge in [0.05, 0.1) is 22.4 Å². The van der Waals surface area contributed by atoms with Gasteiger partial charge in [-0.25, -0.2) is 4.79 Å². The first-order valence-corrected chi connectivity index (χ1v) is 8.74. The summed E-state index contributed by atoms with van der Waals surface area (Å²) in [6, 6.07) is 10.2. The molecule has 27 heavy (non-hydrogen) atoms. The number of carbonyl (C=O) groups excluding carboxylic acids is 3. The molecule has 0 radical (unpaired) electrons. The molecule has 0 fully saturated rings. The number of ether oxygens (including phenoxy) is 1. The summed E-state index contributed by atoms with van der Waals surface area (Å²) in [5, 5.41) is 0. The first-order chi connectivity index (χ1) is 12.7. The largest absolute Gasteiger partial charge is 0.423 e. The molecule has 0 saturated carbocycles. The molecule has 0 spiro atoms. The Hall–Kier alpha value is -3.21. The molecule has 0 unspecified atom stereocenters. The number of esters is 1. The van der Waals surface area contributed by atoms with E-state index in [0.29, 0.717) is 11.3 Å². The van der Waals surface area contributed by atoms with Crippen LogP contribution in [0.3, 0.4) is 0 Å². The van der Waals surface area contributed by atoms with Crippen molar-refractivity contribution in [2.24, 2.45) is 0 Å². The SMILES string of the molecule is CC1=CC(C)(C)N2C(=O)C(=O)c3cc(OC(=O)c4ccc(C)cc4)cc1c32. The molecule has 1 amide bonds. The monoisotopic (exact) mass is 361 g/mol. The van der Waals surface area contributed by atoms with E-state index >= 15 is 0 Å². The lowest BCUT2D eigenvalue weighted by Gasteiger charge is -2.38. The number of hydrogen-bond acceptors (Lipinski definition) is 4. The zero-order chi connectivity index (χ0) is 19.5. The van der Waals surface area contributed by atoms with Gasteiger partial charge in [0.1, 0.15) is 5.75 Å². The Bertz CT molecular complexity index is 1040. The van der Waals surface area contributed by atoms with E-state index in [1.54, 1.807) is 18.2 Å². The zero-order valence-corrected chi connectivity index (χ0v) is 15.6. The summed E-state index contributed by atoms with van der Waals surface area (Å²) in [7, 11) is 0. The Balaban J connectivity index is 1.78. The van der Waals surface area contributed by atoms with Gasteiger partial charge in [-0.15, -0.1) is 0 Å². The van der Waals surface area contributed by atoms with Crippen LogP contribution in [0.5, 0.6) is 5.75 Å². The molecule has 0 bridgehead atoms. The smallest absolute Gasteiger partial charge is 0.343 e. The van der Waals surface area contributed by atoms with Crippen LogP contribution in [0.2, 0.25) is 0 Å². The summed E-state index contributed by atoms with van der Waals surface area (Å²) in [6.45, 7) is 7.65. The summed E-state index contributed by atoms with van der Waals surface area (Å²) in [5.41, 5.74) is 3.43. The summed E-state index contributed by atoms with van der Waals surface area (Å²) < 4.78 is 5.50. The van der Waals surface area contributed by atoms with Crippen molar-refractivity contribution in [3.8, 4) is 5.75 Å². The van der Waals surface area contributed by atoms with Gasteiger partial charge in [0.15, 0.2) is 0 Å². The Labute approximate surface area is 157 Å². The summed E-state index contributed by atoms with van der Waals surface area (Å²) in [4.78, 5) is 39.0. The molecule has 2 aliphatic heterocycles. The van der Waals surface area contributed by atoms with E-state index in [1.807, 2.05) is 45.9 Å². The molecule has 0 aromatic heterocycles. The molecule has 2 heterocycles. The molecule has 5 heteroatoms. The van der Waals surface area contributed by atoms with E-state index in [-0.39, 0.29) is 11.3 Å². The number of aryl methyl sites for hydroxylation is 1. The van der Waals surface area contributed by atoms with Crippen LogP contribution >= 0.6 is 0 Å². The van der Waals surface area contributed by atoms with Crippen LogP contribution in [0.4, 0.5) is 5.69 Å². The number of rotatable bonds is 2. The Morgan fingerprint density at radius 1 is 1.00 bits per heavy atom. The van der Waals surface area contributed by atoms with Gasteiger partial charge in [-0.3, -0.25) is 14.5 Å². The lowest BCUT2D eigenvalue weighted by atomic mass is 9.89. The van der Waals surface area contributed by atoms with Crippen molar-refractivity contribution in [1.29, 1.82) is 0 Å². The third-order valence-electron chi connectivity index (χ3n) is 5.02. The minimum Gasteiger partial charge on any atom is -0.423 e. The van der Waals surface area contributed by atoms with E-state index < -0.39 is 23.2 Å². The van der Waals surface area contributed by atoms with Crippen molar-refractivity contribution < 1.29 is 19.1 Å². The van der Waals surface area contributed by atoms with Crippen molar-refractivity contribution >= 4 is 28.9 Å². The predicted molar refractivity (Wildman–Crippen MR) is 102 cm³/mol. The average molecular weight is 361 g/mol.